The highest BCUT2D eigenvalue weighted by Crippen LogP contribution is 2.30. The lowest BCUT2D eigenvalue weighted by atomic mass is 10.0. The Morgan fingerprint density at radius 1 is 1.28 bits per heavy atom. The van der Waals surface area contributed by atoms with Crippen LogP contribution in [0.15, 0.2) is 41.0 Å². The van der Waals surface area contributed by atoms with Gasteiger partial charge in [0, 0.05) is 17.3 Å². The topological polar surface area (TPSA) is 48.1 Å². The molecule has 94 valence electrons. The quantitative estimate of drug-likeness (QED) is 0.948. The van der Waals surface area contributed by atoms with Crippen molar-refractivity contribution in [2.75, 3.05) is 7.11 Å². The predicted octanol–water partition coefficient (Wildman–Crippen LogP) is 3.04. The Balaban J connectivity index is 2.48. The summed E-state index contributed by atoms with van der Waals surface area (Å²) in [5.41, 5.74) is 7.13. The summed E-state index contributed by atoms with van der Waals surface area (Å²) in [6.07, 6.45) is 1.60. The third kappa shape index (κ3) is 2.37. The van der Waals surface area contributed by atoms with E-state index in [1.807, 2.05) is 0 Å². The van der Waals surface area contributed by atoms with Crippen molar-refractivity contribution in [1.82, 2.24) is 4.98 Å². The van der Waals surface area contributed by atoms with Crippen LogP contribution in [-0.2, 0) is 0 Å². The lowest BCUT2D eigenvalue weighted by Crippen LogP contribution is -2.15. The fraction of sp³-hybridized carbons (Fsp3) is 0.154. The first-order chi connectivity index (χ1) is 8.65. The Kier molecular flexibility index (Phi) is 3.93. The predicted molar refractivity (Wildman–Crippen MR) is 70.9 cm³/mol. The van der Waals surface area contributed by atoms with Crippen molar-refractivity contribution < 1.29 is 9.13 Å². The van der Waals surface area contributed by atoms with Gasteiger partial charge in [-0.1, -0.05) is 18.2 Å². The van der Waals surface area contributed by atoms with Gasteiger partial charge in [0.05, 0.1) is 17.6 Å². The number of ether oxygens (including phenoxy) is 1. The summed E-state index contributed by atoms with van der Waals surface area (Å²) in [5.74, 6) is 0.0419. The molecule has 0 aliphatic carbocycles. The normalized spacial score (nSPS) is 12.2. The lowest BCUT2D eigenvalue weighted by Gasteiger charge is -2.16. The van der Waals surface area contributed by atoms with Crippen molar-refractivity contribution in [1.29, 1.82) is 0 Å². The van der Waals surface area contributed by atoms with Crippen LogP contribution in [0.4, 0.5) is 4.39 Å². The number of methoxy groups -OCH3 is 1. The maximum Gasteiger partial charge on any atom is 0.218 e. The minimum atomic E-state index is -0.619. The monoisotopic (exact) mass is 310 g/mol. The second-order valence-electron chi connectivity index (χ2n) is 3.72. The van der Waals surface area contributed by atoms with Gasteiger partial charge < -0.3 is 10.5 Å². The number of pyridine rings is 1. The van der Waals surface area contributed by atoms with Gasteiger partial charge in [0.25, 0.3) is 0 Å². The van der Waals surface area contributed by atoms with E-state index in [1.165, 1.54) is 7.11 Å². The molecule has 1 aromatic heterocycles. The smallest absolute Gasteiger partial charge is 0.218 e. The number of nitrogens with two attached hydrogens (primary N) is 1. The zero-order chi connectivity index (χ0) is 13.1. The zero-order valence-corrected chi connectivity index (χ0v) is 11.3. The molecule has 1 atom stereocenters. The molecule has 2 N–H and O–H groups in total. The van der Waals surface area contributed by atoms with Crippen LogP contribution in [0.1, 0.15) is 17.2 Å². The van der Waals surface area contributed by atoms with E-state index in [1.54, 1.807) is 36.5 Å². The third-order valence-corrected chi connectivity index (χ3v) is 3.26. The van der Waals surface area contributed by atoms with Crippen molar-refractivity contribution >= 4 is 15.9 Å². The van der Waals surface area contributed by atoms with Gasteiger partial charge in [-0.2, -0.15) is 0 Å². The molecular weight excluding hydrogens is 299 g/mol. The molecule has 0 aliphatic heterocycles. The van der Waals surface area contributed by atoms with Crippen LogP contribution in [0.2, 0.25) is 0 Å². The Labute approximate surface area is 113 Å². The number of halogens is 2. The summed E-state index contributed by atoms with van der Waals surface area (Å²) in [5, 5.41) is 0. The van der Waals surface area contributed by atoms with Crippen LogP contribution in [0, 0.1) is 5.82 Å². The molecule has 5 heteroatoms. The molecule has 3 nitrogen and oxygen atoms in total. The highest BCUT2D eigenvalue weighted by Gasteiger charge is 2.19. The van der Waals surface area contributed by atoms with Gasteiger partial charge in [-0.05, 0) is 28.1 Å². The Bertz CT molecular complexity index is 562. The summed E-state index contributed by atoms with van der Waals surface area (Å²) in [6.45, 7) is 0. The fourth-order valence-corrected chi connectivity index (χ4v) is 2.12. The van der Waals surface area contributed by atoms with E-state index in [4.69, 9.17) is 10.5 Å². The number of hydrogen-bond acceptors (Lipinski definition) is 3. The first kappa shape index (κ1) is 13.0. The van der Waals surface area contributed by atoms with E-state index in [0.29, 0.717) is 21.5 Å². The maximum atomic E-state index is 14.0. The van der Waals surface area contributed by atoms with Gasteiger partial charge in [0.2, 0.25) is 5.88 Å². The van der Waals surface area contributed by atoms with Gasteiger partial charge in [0.1, 0.15) is 5.82 Å². The van der Waals surface area contributed by atoms with E-state index in [-0.39, 0.29) is 5.82 Å². The summed E-state index contributed by atoms with van der Waals surface area (Å²) in [6, 6.07) is 7.92. The number of hydrogen-bond donors (Lipinski definition) is 1. The molecule has 0 saturated heterocycles. The van der Waals surface area contributed by atoms with Gasteiger partial charge in [-0.3, -0.25) is 0 Å². The first-order valence-electron chi connectivity index (χ1n) is 5.33. The lowest BCUT2D eigenvalue weighted by molar-refractivity contribution is 0.390. The van der Waals surface area contributed by atoms with Crippen molar-refractivity contribution in [3.05, 3.63) is 57.9 Å². The average molecular weight is 311 g/mol. The van der Waals surface area contributed by atoms with Crippen molar-refractivity contribution in [2.45, 2.75) is 6.04 Å². The highest BCUT2D eigenvalue weighted by molar-refractivity contribution is 9.10. The van der Waals surface area contributed by atoms with E-state index in [9.17, 15) is 4.39 Å². The molecule has 0 saturated carbocycles. The van der Waals surface area contributed by atoms with Crippen LogP contribution in [0.25, 0.3) is 0 Å². The summed E-state index contributed by atoms with van der Waals surface area (Å²) in [4.78, 5) is 4.06. The van der Waals surface area contributed by atoms with E-state index in [0.717, 1.165) is 0 Å². The van der Waals surface area contributed by atoms with Gasteiger partial charge in [-0.25, -0.2) is 9.37 Å². The molecular formula is C13H12BrFN2O. The number of rotatable bonds is 3. The molecule has 0 fully saturated rings. The van der Waals surface area contributed by atoms with E-state index < -0.39 is 6.04 Å². The van der Waals surface area contributed by atoms with E-state index >= 15 is 0 Å². The molecule has 18 heavy (non-hydrogen) atoms. The molecule has 1 heterocycles. The zero-order valence-electron chi connectivity index (χ0n) is 9.73. The molecule has 1 unspecified atom stereocenters. The van der Waals surface area contributed by atoms with Crippen LogP contribution >= 0.6 is 15.9 Å². The molecule has 2 rings (SSSR count). The van der Waals surface area contributed by atoms with Gasteiger partial charge >= 0.3 is 0 Å². The summed E-state index contributed by atoms with van der Waals surface area (Å²) in [7, 11) is 1.51. The fourth-order valence-electron chi connectivity index (χ4n) is 1.74. The molecule has 2 aromatic rings. The third-order valence-electron chi connectivity index (χ3n) is 2.65. The average Bonchev–Trinajstić information content (AvgIpc) is 2.41. The largest absolute Gasteiger partial charge is 0.481 e. The van der Waals surface area contributed by atoms with Crippen molar-refractivity contribution in [3.8, 4) is 5.88 Å². The van der Waals surface area contributed by atoms with Gasteiger partial charge in [-0.15, -0.1) is 0 Å². The van der Waals surface area contributed by atoms with Crippen molar-refractivity contribution in [3.63, 3.8) is 0 Å². The number of benzene rings is 1. The van der Waals surface area contributed by atoms with E-state index in [2.05, 4.69) is 20.9 Å². The van der Waals surface area contributed by atoms with Crippen LogP contribution in [-0.4, -0.2) is 12.1 Å². The second kappa shape index (κ2) is 5.46. The minimum absolute atomic E-state index is 0.365. The Morgan fingerprint density at radius 2 is 2.00 bits per heavy atom. The molecule has 0 radical (unpaired) electrons. The van der Waals surface area contributed by atoms with Crippen LogP contribution in [0.5, 0.6) is 5.88 Å². The maximum absolute atomic E-state index is 14.0. The highest BCUT2D eigenvalue weighted by atomic mass is 79.9. The standard InChI is InChI=1S/C13H12BrFN2O/c1-18-13-9(5-3-7-17-13)12(16)8-4-2-6-10(14)11(8)15/h2-7,12H,16H2,1H3. The van der Waals surface area contributed by atoms with Crippen LogP contribution < -0.4 is 10.5 Å². The van der Waals surface area contributed by atoms with Gasteiger partial charge in [0.15, 0.2) is 0 Å². The molecule has 0 aliphatic rings. The molecule has 0 bridgehead atoms. The summed E-state index contributed by atoms with van der Waals surface area (Å²) < 4.78 is 19.5. The molecule has 0 amide bonds. The first-order valence-corrected chi connectivity index (χ1v) is 6.13. The Morgan fingerprint density at radius 3 is 2.72 bits per heavy atom. The minimum Gasteiger partial charge on any atom is -0.481 e. The SMILES string of the molecule is COc1ncccc1C(N)c1cccc(Br)c1F. The van der Waals surface area contributed by atoms with Crippen molar-refractivity contribution in [2.24, 2.45) is 5.73 Å². The number of nitrogens with zero attached hydrogens (tertiary/aromatic N) is 1. The molecule has 1 aromatic carbocycles. The number of aromatic nitrogens is 1. The Hall–Kier alpha value is -1.46. The summed E-state index contributed by atoms with van der Waals surface area (Å²) >= 11 is 3.15. The second-order valence-corrected chi connectivity index (χ2v) is 4.58. The molecule has 0 spiro atoms. The van der Waals surface area contributed by atoms with Crippen LogP contribution in [0.3, 0.4) is 0 Å².